The van der Waals surface area contributed by atoms with Gasteiger partial charge in [-0.25, -0.2) is 8.42 Å². The maximum absolute atomic E-state index is 13.2. The lowest BCUT2D eigenvalue weighted by atomic mass is 10.1. The number of ether oxygens (including phenoxy) is 1. The molecule has 0 fully saturated rings. The Hall–Kier alpha value is -3.07. The maximum atomic E-state index is 13.2. The summed E-state index contributed by atoms with van der Waals surface area (Å²) in [5.74, 6) is 0.213. The Morgan fingerprint density at radius 1 is 1.09 bits per heavy atom. The number of sulfonamides is 1. The highest BCUT2D eigenvalue weighted by Crippen LogP contribution is 2.25. The molecule has 0 saturated carbocycles. The van der Waals surface area contributed by atoms with Gasteiger partial charge in [0.1, 0.15) is 11.8 Å². The van der Waals surface area contributed by atoms with Crippen molar-refractivity contribution in [3.05, 3.63) is 59.2 Å². The van der Waals surface area contributed by atoms with E-state index in [9.17, 15) is 18.0 Å². The molecule has 0 radical (unpaired) electrons. The monoisotopic (exact) mass is 489 g/mol. The van der Waals surface area contributed by atoms with Crippen LogP contribution < -0.4 is 14.4 Å². The second kappa shape index (κ2) is 11.9. The largest absolute Gasteiger partial charge is 0.497 e. The predicted molar refractivity (Wildman–Crippen MR) is 134 cm³/mol. The molecule has 0 unspecified atom stereocenters. The number of methoxy groups -OCH3 is 1. The van der Waals surface area contributed by atoms with Gasteiger partial charge in [-0.1, -0.05) is 24.3 Å². The summed E-state index contributed by atoms with van der Waals surface area (Å²) in [6, 6.07) is 12.2. The molecule has 0 heterocycles. The molecule has 34 heavy (non-hydrogen) atoms. The third-order valence-corrected chi connectivity index (χ3v) is 7.10. The molecular weight excluding hydrogens is 454 g/mol. The van der Waals surface area contributed by atoms with Gasteiger partial charge in [0.25, 0.3) is 0 Å². The number of benzene rings is 2. The van der Waals surface area contributed by atoms with E-state index >= 15 is 0 Å². The third-order valence-electron chi connectivity index (χ3n) is 5.92. The Morgan fingerprint density at radius 3 is 2.29 bits per heavy atom. The minimum absolute atomic E-state index is 0.106. The van der Waals surface area contributed by atoms with Crippen LogP contribution in [-0.4, -0.2) is 58.1 Å². The zero-order valence-electron chi connectivity index (χ0n) is 20.8. The van der Waals surface area contributed by atoms with Crippen molar-refractivity contribution in [1.29, 1.82) is 0 Å². The van der Waals surface area contributed by atoms with E-state index in [1.807, 2.05) is 38.1 Å². The minimum Gasteiger partial charge on any atom is -0.497 e. The average molecular weight is 490 g/mol. The zero-order valence-corrected chi connectivity index (χ0v) is 21.6. The topological polar surface area (TPSA) is 96.0 Å². The van der Waals surface area contributed by atoms with E-state index in [0.29, 0.717) is 17.9 Å². The fourth-order valence-electron chi connectivity index (χ4n) is 3.71. The first-order valence-electron chi connectivity index (χ1n) is 11.2. The fourth-order valence-corrected chi connectivity index (χ4v) is 4.72. The van der Waals surface area contributed by atoms with Gasteiger partial charge in [-0.2, -0.15) is 0 Å². The van der Waals surface area contributed by atoms with Crippen LogP contribution in [0, 0.1) is 13.8 Å². The van der Waals surface area contributed by atoms with Gasteiger partial charge in [-0.3, -0.25) is 13.9 Å². The van der Waals surface area contributed by atoms with E-state index in [-0.39, 0.29) is 31.3 Å². The van der Waals surface area contributed by atoms with Crippen molar-refractivity contribution >= 4 is 27.5 Å². The maximum Gasteiger partial charge on any atom is 0.242 e. The molecule has 0 aliphatic carbocycles. The number of rotatable bonds is 11. The van der Waals surface area contributed by atoms with Crippen LogP contribution in [0.1, 0.15) is 36.5 Å². The first-order chi connectivity index (χ1) is 16.0. The smallest absolute Gasteiger partial charge is 0.242 e. The molecule has 0 spiro atoms. The number of aryl methyl sites for hydroxylation is 1. The SMILES string of the molecule is CNC(=O)[C@@H](C)N(Cc1ccc(OC)cc1)C(=O)CCCN(c1cccc(C)c1C)S(C)(=O)=O. The van der Waals surface area contributed by atoms with Crippen molar-refractivity contribution in [2.45, 2.75) is 46.2 Å². The molecule has 8 nitrogen and oxygen atoms in total. The number of nitrogens with one attached hydrogen (secondary N) is 1. The summed E-state index contributed by atoms with van der Waals surface area (Å²) in [7, 11) is -0.421. The molecule has 2 rings (SSSR count). The van der Waals surface area contributed by atoms with Gasteiger partial charge < -0.3 is 15.0 Å². The molecule has 0 aromatic heterocycles. The van der Waals surface area contributed by atoms with Gasteiger partial charge >= 0.3 is 0 Å². The van der Waals surface area contributed by atoms with Gasteiger partial charge in [0, 0.05) is 26.6 Å². The van der Waals surface area contributed by atoms with Crippen LogP contribution in [0.3, 0.4) is 0 Å². The van der Waals surface area contributed by atoms with Crippen molar-refractivity contribution in [3.8, 4) is 5.75 Å². The van der Waals surface area contributed by atoms with Crippen LogP contribution in [0.2, 0.25) is 0 Å². The highest BCUT2D eigenvalue weighted by molar-refractivity contribution is 7.92. The van der Waals surface area contributed by atoms with Gasteiger partial charge in [0.2, 0.25) is 21.8 Å². The highest BCUT2D eigenvalue weighted by Gasteiger charge is 2.26. The summed E-state index contributed by atoms with van der Waals surface area (Å²) < 4.78 is 31.5. The summed E-state index contributed by atoms with van der Waals surface area (Å²) in [6.07, 6.45) is 1.59. The molecule has 2 aromatic carbocycles. The lowest BCUT2D eigenvalue weighted by Crippen LogP contribution is -2.46. The van der Waals surface area contributed by atoms with Crippen LogP contribution in [0.15, 0.2) is 42.5 Å². The van der Waals surface area contributed by atoms with Crippen LogP contribution in [-0.2, 0) is 26.2 Å². The van der Waals surface area contributed by atoms with E-state index < -0.39 is 16.1 Å². The Kier molecular flexibility index (Phi) is 9.49. The third kappa shape index (κ3) is 6.96. The number of hydrogen-bond donors (Lipinski definition) is 1. The molecule has 0 bridgehead atoms. The van der Waals surface area contributed by atoms with E-state index in [0.717, 1.165) is 16.7 Å². The van der Waals surface area contributed by atoms with E-state index in [1.54, 1.807) is 32.2 Å². The van der Waals surface area contributed by atoms with E-state index in [4.69, 9.17) is 4.74 Å². The average Bonchev–Trinajstić information content (AvgIpc) is 2.81. The van der Waals surface area contributed by atoms with Crippen LogP contribution in [0.25, 0.3) is 0 Å². The van der Waals surface area contributed by atoms with Crippen molar-refractivity contribution in [2.75, 3.05) is 31.3 Å². The molecule has 0 saturated heterocycles. The number of likely N-dealkylation sites (N-methyl/N-ethyl adjacent to an activating group) is 1. The van der Waals surface area contributed by atoms with Gasteiger partial charge in [-0.05, 0) is 62.1 Å². The summed E-state index contributed by atoms with van der Waals surface area (Å²) >= 11 is 0. The molecule has 186 valence electrons. The number of nitrogens with zero attached hydrogens (tertiary/aromatic N) is 2. The van der Waals surface area contributed by atoms with Crippen LogP contribution >= 0.6 is 0 Å². The Labute approximate surface area is 202 Å². The quantitative estimate of drug-likeness (QED) is 0.523. The Bertz CT molecular complexity index is 1100. The van der Waals surface area contributed by atoms with Crippen LogP contribution in [0.4, 0.5) is 5.69 Å². The second-order valence-electron chi connectivity index (χ2n) is 8.32. The van der Waals surface area contributed by atoms with Crippen molar-refractivity contribution < 1.29 is 22.7 Å². The number of hydrogen-bond acceptors (Lipinski definition) is 5. The molecule has 2 aromatic rings. The lowest BCUT2D eigenvalue weighted by Gasteiger charge is -2.29. The van der Waals surface area contributed by atoms with Crippen molar-refractivity contribution in [1.82, 2.24) is 10.2 Å². The molecular formula is C25H35N3O5S. The summed E-state index contributed by atoms with van der Waals surface area (Å²) in [4.78, 5) is 27.0. The second-order valence-corrected chi connectivity index (χ2v) is 10.2. The summed E-state index contributed by atoms with van der Waals surface area (Å²) in [5.41, 5.74) is 3.35. The van der Waals surface area contributed by atoms with Gasteiger partial charge in [0.15, 0.2) is 0 Å². The number of carbonyl (C=O) groups is 2. The Balaban J connectivity index is 2.17. The predicted octanol–water partition coefficient (Wildman–Crippen LogP) is 3.02. The number of carbonyl (C=O) groups excluding carboxylic acids is 2. The van der Waals surface area contributed by atoms with E-state index in [1.165, 1.54) is 22.5 Å². The van der Waals surface area contributed by atoms with Gasteiger partial charge in [0.05, 0.1) is 19.1 Å². The van der Waals surface area contributed by atoms with E-state index in [2.05, 4.69) is 5.32 Å². The van der Waals surface area contributed by atoms with Gasteiger partial charge in [-0.15, -0.1) is 0 Å². The normalized spacial score (nSPS) is 12.1. The Morgan fingerprint density at radius 2 is 1.74 bits per heavy atom. The molecule has 2 amide bonds. The molecule has 1 N–H and O–H groups in total. The fraction of sp³-hybridized carbons (Fsp3) is 0.440. The van der Waals surface area contributed by atoms with Crippen molar-refractivity contribution in [3.63, 3.8) is 0 Å². The van der Waals surface area contributed by atoms with Crippen LogP contribution in [0.5, 0.6) is 5.75 Å². The molecule has 9 heteroatoms. The zero-order chi connectivity index (χ0) is 25.5. The summed E-state index contributed by atoms with van der Waals surface area (Å²) in [6.45, 7) is 5.92. The van der Waals surface area contributed by atoms with Crippen molar-refractivity contribution in [2.24, 2.45) is 0 Å². The lowest BCUT2D eigenvalue weighted by molar-refractivity contribution is -0.140. The highest BCUT2D eigenvalue weighted by atomic mass is 32.2. The molecule has 0 aliphatic rings. The minimum atomic E-state index is -3.53. The first-order valence-corrected chi connectivity index (χ1v) is 13.0. The molecule has 1 atom stereocenters. The standard InChI is InChI=1S/C25H35N3O5S/c1-18-9-7-10-23(19(18)2)28(34(6,31)32)16-8-11-24(29)27(20(3)25(30)26-4)17-21-12-14-22(33-5)15-13-21/h7,9-10,12-15,20H,8,11,16-17H2,1-6H3,(H,26,30)/t20-/m1/s1. The number of amides is 2. The summed E-state index contributed by atoms with van der Waals surface area (Å²) in [5, 5.41) is 2.59. The number of anilines is 1. The first kappa shape index (κ1) is 27.2. The molecule has 0 aliphatic heterocycles.